The average molecular weight is 478 g/mol. The molecule has 184 valence electrons. The number of ether oxygens (including phenoxy) is 3. The Morgan fingerprint density at radius 3 is 2.11 bits per heavy atom. The predicted octanol–water partition coefficient (Wildman–Crippen LogP) is 4.09. The highest BCUT2D eigenvalue weighted by Crippen LogP contribution is 2.16. The van der Waals surface area contributed by atoms with Crippen molar-refractivity contribution >= 4 is 11.9 Å². The van der Waals surface area contributed by atoms with Crippen molar-refractivity contribution in [1.29, 1.82) is 0 Å². The second-order valence-electron chi connectivity index (χ2n) is 7.92. The van der Waals surface area contributed by atoms with E-state index in [9.17, 15) is 14.7 Å². The summed E-state index contributed by atoms with van der Waals surface area (Å²) in [5, 5.41) is 11.0. The molecule has 7 heteroatoms. The molecule has 0 aliphatic carbocycles. The van der Waals surface area contributed by atoms with Crippen molar-refractivity contribution in [2.24, 2.45) is 0 Å². The third-order valence-corrected chi connectivity index (χ3v) is 5.46. The smallest absolute Gasteiger partial charge is 0.338 e. The van der Waals surface area contributed by atoms with Crippen LogP contribution < -0.4 is 4.74 Å². The van der Waals surface area contributed by atoms with Crippen LogP contribution in [0.4, 0.5) is 0 Å². The molecule has 3 rings (SSSR count). The Labute approximate surface area is 205 Å². The van der Waals surface area contributed by atoms with Gasteiger partial charge in [-0.15, -0.1) is 0 Å². The van der Waals surface area contributed by atoms with Crippen molar-refractivity contribution in [1.82, 2.24) is 4.90 Å². The third kappa shape index (κ3) is 7.95. The van der Waals surface area contributed by atoms with Gasteiger partial charge in [-0.2, -0.15) is 0 Å². The first kappa shape index (κ1) is 25.9. The van der Waals surface area contributed by atoms with Crippen molar-refractivity contribution in [3.05, 3.63) is 101 Å². The summed E-state index contributed by atoms with van der Waals surface area (Å²) in [6, 6.07) is 23.7. The number of esters is 2. The van der Waals surface area contributed by atoms with Crippen LogP contribution in [0.5, 0.6) is 5.75 Å². The van der Waals surface area contributed by atoms with Crippen LogP contribution in [0.25, 0.3) is 0 Å². The van der Waals surface area contributed by atoms with Crippen LogP contribution in [0.15, 0.2) is 78.9 Å². The molecule has 0 aromatic heterocycles. The summed E-state index contributed by atoms with van der Waals surface area (Å²) in [4.78, 5) is 25.4. The highest BCUT2D eigenvalue weighted by Gasteiger charge is 2.17. The molecule has 1 unspecified atom stereocenters. The largest absolute Gasteiger partial charge is 0.492 e. The lowest BCUT2D eigenvalue weighted by Crippen LogP contribution is -2.39. The zero-order valence-electron chi connectivity index (χ0n) is 20.1. The standard InChI is InChI=1S/C28H31NO6/c1-3-34-28(32)24-13-15-25(16-14-24)35-18-17-29(26(30)19-21-7-5-4-6-8-21)20-22-9-11-23(12-10-22)27(31)33-2/h4-16,26,30H,3,17-20H2,1-2H3. The maximum atomic E-state index is 11.8. The Balaban J connectivity index is 1.64. The van der Waals surface area contributed by atoms with Gasteiger partial charge in [0.15, 0.2) is 0 Å². The van der Waals surface area contributed by atoms with E-state index in [-0.39, 0.29) is 11.9 Å². The van der Waals surface area contributed by atoms with Crippen molar-refractivity contribution in [3.63, 3.8) is 0 Å². The molecule has 0 amide bonds. The third-order valence-electron chi connectivity index (χ3n) is 5.46. The van der Waals surface area contributed by atoms with Gasteiger partial charge in [0.1, 0.15) is 18.6 Å². The second-order valence-corrected chi connectivity index (χ2v) is 7.92. The Hall–Kier alpha value is -3.68. The fourth-order valence-corrected chi connectivity index (χ4v) is 3.57. The van der Waals surface area contributed by atoms with E-state index in [2.05, 4.69) is 0 Å². The molecule has 0 aliphatic rings. The highest BCUT2D eigenvalue weighted by molar-refractivity contribution is 5.89. The molecule has 0 spiro atoms. The van der Waals surface area contributed by atoms with Gasteiger partial charge in [0.2, 0.25) is 0 Å². The summed E-state index contributed by atoms with van der Waals surface area (Å²) in [7, 11) is 1.35. The molecule has 0 radical (unpaired) electrons. The molecule has 35 heavy (non-hydrogen) atoms. The summed E-state index contributed by atoms with van der Waals surface area (Å²) >= 11 is 0. The van der Waals surface area contributed by atoms with Gasteiger partial charge in [-0.05, 0) is 54.4 Å². The summed E-state index contributed by atoms with van der Waals surface area (Å²) in [6.07, 6.45) is -0.262. The van der Waals surface area contributed by atoms with Gasteiger partial charge in [0, 0.05) is 19.5 Å². The average Bonchev–Trinajstić information content (AvgIpc) is 2.89. The molecule has 0 saturated heterocycles. The molecule has 0 fully saturated rings. The van der Waals surface area contributed by atoms with E-state index in [1.165, 1.54) is 7.11 Å². The lowest BCUT2D eigenvalue weighted by molar-refractivity contribution is -0.00864. The molecule has 3 aromatic carbocycles. The molecule has 0 saturated carbocycles. The van der Waals surface area contributed by atoms with Crippen LogP contribution >= 0.6 is 0 Å². The van der Waals surface area contributed by atoms with Crippen LogP contribution in [-0.2, 0) is 22.4 Å². The van der Waals surface area contributed by atoms with E-state index in [1.54, 1.807) is 43.3 Å². The van der Waals surface area contributed by atoms with Gasteiger partial charge in [0.25, 0.3) is 0 Å². The van der Waals surface area contributed by atoms with Gasteiger partial charge in [-0.1, -0.05) is 42.5 Å². The number of benzene rings is 3. The van der Waals surface area contributed by atoms with Crippen LogP contribution in [0.3, 0.4) is 0 Å². The van der Waals surface area contributed by atoms with Crippen molar-refractivity contribution in [3.8, 4) is 5.75 Å². The lowest BCUT2D eigenvalue weighted by atomic mass is 10.1. The summed E-state index contributed by atoms with van der Waals surface area (Å²) < 4.78 is 15.6. The molecule has 1 N–H and O–H groups in total. The van der Waals surface area contributed by atoms with Crippen molar-refractivity contribution in [2.45, 2.75) is 26.1 Å². The van der Waals surface area contributed by atoms with Crippen LogP contribution in [0.2, 0.25) is 0 Å². The Morgan fingerprint density at radius 1 is 0.857 bits per heavy atom. The zero-order valence-corrected chi connectivity index (χ0v) is 20.1. The first-order chi connectivity index (χ1) is 17.0. The normalized spacial score (nSPS) is 11.7. The van der Waals surface area contributed by atoms with E-state index in [0.717, 1.165) is 11.1 Å². The minimum absolute atomic E-state index is 0.323. The number of hydrogen-bond acceptors (Lipinski definition) is 7. The number of methoxy groups -OCH3 is 1. The SMILES string of the molecule is CCOC(=O)c1ccc(OCCN(Cc2ccc(C(=O)OC)cc2)C(O)Cc2ccccc2)cc1. The van der Waals surface area contributed by atoms with Gasteiger partial charge in [0.05, 0.1) is 24.8 Å². The summed E-state index contributed by atoms with van der Waals surface area (Å²) in [6.45, 7) is 3.36. The zero-order chi connectivity index (χ0) is 25.0. The van der Waals surface area contributed by atoms with E-state index in [4.69, 9.17) is 14.2 Å². The minimum Gasteiger partial charge on any atom is -0.492 e. The van der Waals surface area contributed by atoms with Crippen molar-refractivity contribution in [2.75, 3.05) is 26.9 Å². The molecule has 1 atom stereocenters. The van der Waals surface area contributed by atoms with Crippen molar-refractivity contribution < 1.29 is 28.9 Å². The molecule has 7 nitrogen and oxygen atoms in total. The number of nitrogens with zero attached hydrogens (tertiary/aromatic N) is 1. The molecular weight excluding hydrogens is 446 g/mol. The Kier molecular flexibility index (Phi) is 9.83. The topological polar surface area (TPSA) is 85.3 Å². The van der Waals surface area contributed by atoms with Crippen LogP contribution in [-0.4, -0.2) is 55.0 Å². The maximum Gasteiger partial charge on any atom is 0.338 e. The van der Waals surface area contributed by atoms with E-state index >= 15 is 0 Å². The number of carbonyl (C=O) groups excluding carboxylic acids is 2. The molecule has 0 bridgehead atoms. The fourth-order valence-electron chi connectivity index (χ4n) is 3.57. The monoisotopic (exact) mass is 477 g/mol. The lowest BCUT2D eigenvalue weighted by Gasteiger charge is -2.28. The first-order valence-electron chi connectivity index (χ1n) is 11.5. The molecule has 3 aromatic rings. The van der Waals surface area contributed by atoms with Gasteiger partial charge in [-0.25, -0.2) is 9.59 Å². The van der Waals surface area contributed by atoms with Gasteiger partial charge < -0.3 is 19.3 Å². The van der Waals surface area contributed by atoms with Crippen LogP contribution in [0.1, 0.15) is 38.8 Å². The Morgan fingerprint density at radius 2 is 1.49 bits per heavy atom. The van der Waals surface area contributed by atoms with E-state index < -0.39 is 6.23 Å². The first-order valence-corrected chi connectivity index (χ1v) is 11.5. The van der Waals surface area contributed by atoms with Gasteiger partial charge in [-0.3, -0.25) is 4.90 Å². The quantitative estimate of drug-likeness (QED) is 0.311. The highest BCUT2D eigenvalue weighted by atomic mass is 16.5. The second kappa shape index (κ2) is 13.3. The van der Waals surface area contributed by atoms with E-state index in [0.29, 0.717) is 49.6 Å². The number of aliphatic hydroxyl groups excluding tert-OH is 1. The van der Waals surface area contributed by atoms with E-state index in [1.807, 2.05) is 47.4 Å². The summed E-state index contributed by atoms with van der Waals surface area (Å²) in [5.74, 6) is -0.134. The molecule has 0 aliphatic heterocycles. The molecular formula is C28H31NO6. The Bertz CT molecular complexity index is 1070. The number of hydrogen-bond donors (Lipinski definition) is 1. The maximum absolute atomic E-state index is 11.8. The number of carbonyl (C=O) groups is 2. The fraction of sp³-hybridized carbons (Fsp3) is 0.286. The minimum atomic E-state index is -0.729. The van der Waals surface area contributed by atoms with Gasteiger partial charge >= 0.3 is 11.9 Å². The number of aliphatic hydroxyl groups is 1. The molecule has 0 heterocycles. The van der Waals surface area contributed by atoms with Crippen LogP contribution in [0, 0.1) is 0 Å². The predicted molar refractivity (Wildman–Crippen MR) is 132 cm³/mol. The number of rotatable bonds is 12. The summed E-state index contributed by atoms with van der Waals surface area (Å²) in [5.41, 5.74) is 2.92.